The lowest BCUT2D eigenvalue weighted by Crippen LogP contribution is -2.29. The molecule has 0 bridgehead atoms. The van der Waals surface area contributed by atoms with Gasteiger partial charge in [0.15, 0.2) is 11.4 Å². The number of carbonyl (C=O) groups excluding carboxylic acids is 1. The fourth-order valence-corrected chi connectivity index (χ4v) is 4.46. The van der Waals surface area contributed by atoms with Gasteiger partial charge in [0.2, 0.25) is 11.8 Å². The summed E-state index contributed by atoms with van der Waals surface area (Å²) < 4.78 is 65.2. The fourth-order valence-electron chi connectivity index (χ4n) is 4.46. The Morgan fingerprint density at radius 3 is 2.50 bits per heavy atom. The number of hydrogen-bond donors (Lipinski definition) is 2. The van der Waals surface area contributed by atoms with Gasteiger partial charge in [-0.25, -0.2) is 9.37 Å². The third-order valence-corrected chi connectivity index (χ3v) is 6.25. The number of amides is 1. The Balaban J connectivity index is 1.66. The monoisotopic (exact) mass is 552 g/mol. The smallest absolute Gasteiger partial charge is 0.420 e. The van der Waals surface area contributed by atoms with Crippen molar-refractivity contribution in [1.82, 2.24) is 30.4 Å². The highest BCUT2D eigenvalue weighted by Crippen LogP contribution is 2.43. The van der Waals surface area contributed by atoms with Gasteiger partial charge in [-0.05, 0) is 34.9 Å². The van der Waals surface area contributed by atoms with Crippen molar-refractivity contribution in [2.24, 2.45) is 7.05 Å². The maximum absolute atomic E-state index is 15.6. The Morgan fingerprint density at radius 1 is 1.05 bits per heavy atom. The molecule has 0 saturated heterocycles. The molecule has 2 N–H and O–H groups in total. The summed E-state index contributed by atoms with van der Waals surface area (Å²) in [6.07, 6.45) is -3.31. The maximum atomic E-state index is 15.6. The Hall–Kier alpha value is -4.58. The van der Waals surface area contributed by atoms with Crippen molar-refractivity contribution in [2.45, 2.75) is 19.6 Å². The van der Waals surface area contributed by atoms with E-state index < -0.39 is 23.1 Å². The molecule has 5 rings (SSSR count). The summed E-state index contributed by atoms with van der Waals surface area (Å²) in [7, 11) is 1.68. The molecule has 2 aromatic heterocycles. The Kier molecular flexibility index (Phi) is 7.35. The van der Waals surface area contributed by atoms with Crippen molar-refractivity contribution < 1.29 is 26.8 Å². The van der Waals surface area contributed by atoms with Crippen LogP contribution >= 0.6 is 0 Å². The molecular formula is C28H24F4N6O2. The predicted octanol–water partition coefficient (Wildman–Crippen LogP) is 5.34. The molecule has 2 heterocycles. The third-order valence-electron chi connectivity index (χ3n) is 6.25. The van der Waals surface area contributed by atoms with Crippen LogP contribution in [0.25, 0.3) is 45.1 Å². The largest absolute Gasteiger partial charge is 0.435 e. The maximum Gasteiger partial charge on any atom is 0.420 e. The minimum atomic E-state index is -4.75. The van der Waals surface area contributed by atoms with Gasteiger partial charge >= 0.3 is 6.18 Å². The van der Waals surface area contributed by atoms with Gasteiger partial charge in [0.25, 0.3) is 0 Å². The zero-order chi connectivity index (χ0) is 28.4. The van der Waals surface area contributed by atoms with Crippen LogP contribution in [0.3, 0.4) is 0 Å². The number of aryl methyl sites for hydroxylation is 1. The second kappa shape index (κ2) is 10.9. The molecule has 40 heavy (non-hydrogen) atoms. The van der Waals surface area contributed by atoms with E-state index in [0.717, 1.165) is 11.6 Å². The molecule has 12 heteroatoms. The van der Waals surface area contributed by atoms with E-state index in [1.54, 1.807) is 17.7 Å². The zero-order valence-corrected chi connectivity index (χ0v) is 21.5. The fraction of sp³-hybridized carbons (Fsp3) is 0.214. The van der Waals surface area contributed by atoms with Crippen molar-refractivity contribution in [3.63, 3.8) is 0 Å². The highest BCUT2D eigenvalue weighted by atomic mass is 19.4. The van der Waals surface area contributed by atoms with E-state index in [1.807, 2.05) is 30.3 Å². The number of rotatable bonds is 8. The van der Waals surface area contributed by atoms with E-state index >= 15 is 4.39 Å². The van der Waals surface area contributed by atoms with Crippen molar-refractivity contribution in [2.75, 3.05) is 13.1 Å². The van der Waals surface area contributed by atoms with E-state index in [0.29, 0.717) is 24.2 Å². The molecule has 0 saturated carbocycles. The second-order valence-electron chi connectivity index (χ2n) is 9.14. The lowest BCUT2D eigenvalue weighted by atomic mass is 9.94. The summed E-state index contributed by atoms with van der Waals surface area (Å²) >= 11 is 0. The van der Waals surface area contributed by atoms with Gasteiger partial charge in [-0.1, -0.05) is 36.4 Å². The van der Waals surface area contributed by atoms with E-state index in [4.69, 9.17) is 4.42 Å². The molecule has 0 aliphatic rings. The number of carbonyl (C=O) groups is 1. The van der Waals surface area contributed by atoms with Crippen LogP contribution in [0.5, 0.6) is 0 Å². The van der Waals surface area contributed by atoms with Gasteiger partial charge in [-0.15, -0.1) is 10.2 Å². The van der Waals surface area contributed by atoms with Crippen LogP contribution < -0.4 is 10.6 Å². The minimum Gasteiger partial charge on any atom is -0.435 e. The van der Waals surface area contributed by atoms with Crippen molar-refractivity contribution in [3.8, 4) is 34.0 Å². The average molecular weight is 553 g/mol. The topological polar surface area (TPSA) is 97.9 Å². The summed E-state index contributed by atoms with van der Waals surface area (Å²) in [5.74, 6) is -0.972. The second-order valence-corrected chi connectivity index (χ2v) is 9.14. The van der Waals surface area contributed by atoms with E-state index in [1.165, 1.54) is 25.4 Å². The van der Waals surface area contributed by atoms with Gasteiger partial charge in [0, 0.05) is 39.2 Å². The summed E-state index contributed by atoms with van der Waals surface area (Å²) in [4.78, 5) is 15.4. The molecule has 1 amide bonds. The normalized spacial score (nSPS) is 11.8. The minimum absolute atomic E-state index is 0.0723. The molecule has 0 atom stereocenters. The van der Waals surface area contributed by atoms with Gasteiger partial charge in [0.05, 0.1) is 5.56 Å². The Morgan fingerprint density at radius 2 is 1.82 bits per heavy atom. The number of nitrogens with zero attached hydrogens (tertiary/aromatic N) is 4. The molecule has 0 spiro atoms. The van der Waals surface area contributed by atoms with Crippen LogP contribution in [-0.4, -0.2) is 38.7 Å². The number of oxazole rings is 1. The summed E-state index contributed by atoms with van der Waals surface area (Å²) in [5, 5.41) is 13.7. The molecular weight excluding hydrogens is 528 g/mol. The number of alkyl halides is 3. The number of aromatic nitrogens is 4. The highest BCUT2D eigenvalue weighted by Gasteiger charge is 2.36. The molecule has 0 aliphatic carbocycles. The summed E-state index contributed by atoms with van der Waals surface area (Å²) in [6, 6.07) is 14.4. The van der Waals surface area contributed by atoms with E-state index in [-0.39, 0.29) is 40.8 Å². The van der Waals surface area contributed by atoms with E-state index in [9.17, 15) is 18.0 Å². The van der Waals surface area contributed by atoms with Gasteiger partial charge < -0.3 is 19.6 Å². The quantitative estimate of drug-likeness (QED) is 0.199. The number of nitrogens with one attached hydrogen (secondary N) is 2. The zero-order valence-electron chi connectivity index (χ0n) is 21.5. The number of halogens is 4. The Labute approximate surface area is 226 Å². The molecule has 0 aliphatic heterocycles. The first kappa shape index (κ1) is 27.0. The van der Waals surface area contributed by atoms with Crippen molar-refractivity contribution in [1.29, 1.82) is 0 Å². The summed E-state index contributed by atoms with van der Waals surface area (Å²) in [5.41, 5.74) is 0.173. The molecule has 3 aromatic carbocycles. The van der Waals surface area contributed by atoms with Gasteiger partial charge in [-0.2, -0.15) is 13.2 Å². The number of hydrogen-bond acceptors (Lipinski definition) is 6. The summed E-state index contributed by atoms with van der Waals surface area (Å²) in [6.45, 7) is 2.13. The molecule has 0 radical (unpaired) electrons. The number of fused-ring (bicyclic) bond motifs is 1. The van der Waals surface area contributed by atoms with Crippen LogP contribution in [0.1, 0.15) is 18.1 Å². The van der Waals surface area contributed by atoms with Crippen molar-refractivity contribution in [3.05, 3.63) is 77.9 Å². The predicted molar refractivity (Wildman–Crippen MR) is 140 cm³/mol. The average Bonchev–Trinajstić information content (AvgIpc) is 3.53. The third kappa shape index (κ3) is 5.43. The molecule has 0 fully saturated rings. The standard InChI is InChI=1S/C28H24F4N6O2/c1-16(39)34-11-10-33-14-17-12-20(28(30,31)32)25-22(13-17)36-27(40-25)24-21(29)9-8-19(18-6-4-3-5-7-18)23(24)26-37-35-15-38(26)2/h3-9,12-13,15,33H,10-11,14H2,1-2H3,(H,34,39). The van der Waals surface area contributed by atoms with Crippen LogP contribution in [0, 0.1) is 5.82 Å². The van der Waals surface area contributed by atoms with Crippen LogP contribution in [0.4, 0.5) is 17.6 Å². The lowest BCUT2D eigenvalue weighted by molar-refractivity contribution is -0.136. The Bertz CT molecular complexity index is 1680. The lowest BCUT2D eigenvalue weighted by Gasteiger charge is -2.14. The van der Waals surface area contributed by atoms with Crippen LogP contribution in [0.15, 0.2) is 65.3 Å². The SMILES string of the molecule is CC(=O)NCCNCc1cc(C(F)(F)F)c2oc(-c3c(F)ccc(-c4ccccc4)c3-c3nncn3C)nc2c1. The first-order chi connectivity index (χ1) is 19.1. The van der Waals surface area contributed by atoms with Gasteiger partial charge in [-0.3, -0.25) is 4.79 Å². The molecule has 0 unspecified atom stereocenters. The van der Waals surface area contributed by atoms with Crippen LogP contribution in [-0.2, 0) is 24.6 Å². The molecule has 8 nitrogen and oxygen atoms in total. The molecule has 206 valence electrons. The first-order valence-electron chi connectivity index (χ1n) is 12.3. The molecule has 5 aromatic rings. The first-order valence-corrected chi connectivity index (χ1v) is 12.3. The van der Waals surface area contributed by atoms with Crippen LogP contribution in [0.2, 0.25) is 0 Å². The highest BCUT2D eigenvalue weighted by molar-refractivity contribution is 5.92. The number of benzene rings is 3. The van der Waals surface area contributed by atoms with E-state index in [2.05, 4.69) is 25.8 Å². The van der Waals surface area contributed by atoms with Crippen molar-refractivity contribution >= 4 is 17.0 Å². The van der Waals surface area contributed by atoms with Gasteiger partial charge in [0.1, 0.15) is 23.2 Å².